The zero-order valence-electron chi connectivity index (χ0n) is 9.64. The molecule has 0 atom stereocenters. The van der Waals surface area contributed by atoms with Gasteiger partial charge in [0.05, 0.1) is 0 Å². The molecule has 0 radical (unpaired) electrons. The van der Waals surface area contributed by atoms with Crippen molar-refractivity contribution in [1.29, 1.82) is 0 Å². The standard InChI is InChI=1S/C12H22O2/c1-10(2)6-4-7-11(13)12(14-3)8-5-9-12/h10H,4-9H2,1-3H3. The average molecular weight is 198 g/mol. The molecule has 0 aromatic carbocycles. The Morgan fingerprint density at radius 3 is 2.43 bits per heavy atom. The lowest BCUT2D eigenvalue weighted by Gasteiger charge is -2.38. The summed E-state index contributed by atoms with van der Waals surface area (Å²) in [5.41, 5.74) is -0.378. The van der Waals surface area contributed by atoms with Gasteiger partial charge < -0.3 is 4.74 Å². The van der Waals surface area contributed by atoms with Crippen LogP contribution in [0.15, 0.2) is 0 Å². The van der Waals surface area contributed by atoms with Crippen molar-refractivity contribution < 1.29 is 9.53 Å². The maximum Gasteiger partial charge on any atom is 0.164 e. The Morgan fingerprint density at radius 1 is 1.43 bits per heavy atom. The van der Waals surface area contributed by atoms with Crippen LogP contribution in [0.1, 0.15) is 52.4 Å². The van der Waals surface area contributed by atoms with Crippen LogP contribution in [0, 0.1) is 5.92 Å². The topological polar surface area (TPSA) is 26.3 Å². The van der Waals surface area contributed by atoms with Crippen LogP contribution < -0.4 is 0 Å². The number of carbonyl (C=O) groups is 1. The molecule has 0 N–H and O–H groups in total. The summed E-state index contributed by atoms with van der Waals surface area (Å²) in [5.74, 6) is 1.02. The van der Waals surface area contributed by atoms with E-state index in [1.807, 2.05) is 0 Å². The maximum absolute atomic E-state index is 11.8. The Labute approximate surface area is 87.0 Å². The summed E-state index contributed by atoms with van der Waals surface area (Å²) in [6.07, 6.45) is 5.87. The van der Waals surface area contributed by atoms with Crippen molar-refractivity contribution in [2.45, 2.75) is 58.0 Å². The molecule has 0 amide bonds. The van der Waals surface area contributed by atoms with Gasteiger partial charge in [0.25, 0.3) is 0 Å². The molecule has 0 aromatic rings. The number of hydrogen-bond acceptors (Lipinski definition) is 2. The zero-order valence-corrected chi connectivity index (χ0v) is 9.64. The molecule has 0 heterocycles. The van der Waals surface area contributed by atoms with Gasteiger partial charge in [0.15, 0.2) is 5.78 Å². The fourth-order valence-electron chi connectivity index (χ4n) is 1.99. The third-order valence-corrected chi connectivity index (χ3v) is 3.25. The van der Waals surface area contributed by atoms with E-state index in [0.29, 0.717) is 18.1 Å². The van der Waals surface area contributed by atoms with Crippen LogP contribution in [-0.4, -0.2) is 18.5 Å². The van der Waals surface area contributed by atoms with Gasteiger partial charge in [0, 0.05) is 13.5 Å². The van der Waals surface area contributed by atoms with Crippen LogP contribution in [0.25, 0.3) is 0 Å². The minimum atomic E-state index is -0.378. The average Bonchev–Trinajstić information content (AvgIpc) is 2.02. The summed E-state index contributed by atoms with van der Waals surface area (Å²) in [6, 6.07) is 0. The third-order valence-electron chi connectivity index (χ3n) is 3.25. The summed E-state index contributed by atoms with van der Waals surface area (Å²) in [5, 5.41) is 0. The quantitative estimate of drug-likeness (QED) is 0.656. The number of ketones is 1. The first-order valence-electron chi connectivity index (χ1n) is 5.69. The molecule has 1 rings (SSSR count). The van der Waals surface area contributed by atoms with E-state index in [2.05, 4.69) is 13.8 Å². The van der Waals surface area contributed by atoms with Gasteiger partial charge in [0.1, 0.15) is 5.60 Å². The van der Waals surface area contributed by atoms with Gasteiger partial charge in [-0.25, -0.2) is 0 Å². The van der Waals surface area contributed by atoms with Crippen LogP contribution in [0.4, 0.5) is 0 Å². The minimum Gasteiger partial charge on any atom is -0.370 e. The van der Waals surface area contributed by atoms with E-state index in [9.17, 15) is 4.79 Å². The highest BCUT2D eigenvalue weighted by Gasteiger charge is 2.43. The maximum atomic E-state index is 11.8. The molecule has 0 aliphatic heterocycles. The van der Waals surface area contributed by atoms with Crippen molar-refractivity contribution in [3.8, 4) is 0 Å². The highest BCUT2D eigenvalue weighted by molar-refractivity contribution is 5.88. The summed E-state index contributed by atoms with van der Waals surface area (Å²) in [4.78, 5) is 11.8. The normalized spacial score (nSPS) is 19.4. The number of ether oxygens (including phenoxy) is 1. The highest BCUT2D eigenvalue weighted by atomic mass is 16.5. The number of carbonyl (C=O) groups excluding carboxylic acids is 1. The highest BCUT2D eigenvalue weighted by Crippen LogP contribution is 2.37. The molecule has 1 fully saturated rings. The smallest absolute Gasteiger partial charge is 0.164 e. The summed E-state index contributed by atoms with van der Waals surface area (Å²) >= 11 is 0. The monoisotopic (exact) mass is 198 g/mol. The molecule has 2 nitrogen and oxygen atoms in total. The van der Waals surface area contributed by atoms with E-state index in [0.717, 1.165) is 32.1 Å². The Morgan fingerprint density at radius 2 is 2.07 bits per heavy atom. The van der Waals surface area contributed by atoms with E-state index < -0.39 is 0 Å². The van der Waals surface area contributed by atoms with Gasteiger partial charge >= 0.3 is 0 Å². The van der Waals surface area contributed by atoms with Crippen LogP contribution in [0.3, 0.4) is 0 Å². The predicted molar refractivity (Wildman–Crippen MR) is 57.3 cm³/mol. The number of methoxy groups -OCH3 is 1. The molecule has 14 heavy (non-hydrogen) atoms. The first-order chi connectivity index (χ1) is 6.60. The molecule has 1 aliphatic rings. The van der Waals surface area contributed by atoms with E-state index in [-0.39, 0.29) is 5.60 Å². The lowest BCUT2D eigenvalue weighted by Crippen LogP contribution is -2.46. The van der Waals surface area contributed by atoms with Crippen molar-refractivity contribution in [3.05, 3.63) is 0 Å². The summed E-state index contributed by atoms with van der Waals surface area (Å²) in [6.45, 7) is 4.39. The lowest BCUT2D eigenvalue weighted by atomic mass is 9.75. The van der Waals surface area contributed by atoms with Gasteiger partial charge in [0.2, 0.25) is 0 Å². The van der Waals surface area contributed by atoms with E-state index in [4.69, 9.17) is 4.74 Å². The number of rotatable bonds is 6. The van der Waals surface area contributed by atoms with Crippen LogP contribution >= 0.6 is 0 Å². The molecule has 1 saturated carbocycles. The molecule has 0 unspecified atom stereocenters. The molecule has 0 aromatic heterocycles. The Balaban J connectivity index is 2.27. The van der Waals surface area contributed by atoms with Gasteiger partial charge in [-0.2, -0.15) is 0 Å². The third kappa shape index (κ3) is 2.57. The number of hydrogen-bond donors (Lipinski definition) is 0. The molecule has 0 spiro atoms. The fourth-order valence-corrected chi connectivity index (χ4v) is 1.99. The van der Waals surface area contributed by atoms with Crippen LogP contribution in [0.5, 0.6) is 0 Å². The molecule has 82 valence electrons. The predicted octanol–water partition coefficient (Wildman–Crippen LogP) is 2.95. The second-order valence-corrected chi connectivity index (χ2v) is 4.76. The molecular formula is C12H22O2. The van der Waals surface area contributed by atoms with E-state index >= 15 is 0 Å². The number of Topliss-reactive ketones (excluding diaryl/α,β-unsaturated/α-hetero) is 1. The van der Waals surface area contributed by atoms with Gasteiger partial charge in [-0.15, -0.1) is 0 Å². The van der Waals surface area contributed by atoms with Crippen molar-refractivity contribution in [1.82, 2.24) is 0 Å². The van der Waals surface area contributed by atoms with Crippen molar-refractivity contribution in [2.24, 2.45) is 5.92 Å². The van der Waals surface area contributed by atoms with Crippen molar-refractivity contribution in [2.75, 3.05) is 7.11 Å². The Bertz CT molecular complexity index is 187. The zero-order chi connectivity index (χ0) is 10.6. The second kappa shape index (κ2) is 4.92. The molecule has 1 aliphatic carbocycles. The van der Waals surface area contributed by atoms with Gasteiger partial charge in [-0.05, 0) is 31.6 Å². The van der Waals surface area contributed by atoms with Crippen molar-refractivity contribution >= 4 is 5.78 Å². The SMILES string of the molecule is COC1(C(=O)CCCC(C)C)CCC1. The Kier molecular flexibility index (Phi) is 4.11. The first-order valence-corrected chi connectivity index (χ1v) is 5.69. The molecule has 0 saturated heterocycles. The lowest BCUT2D eigenvalue weighted by molar-refractivity contribution is -0.151. The Hall–Kier alpha value is -0.370. The van der Waals surface area contributed by atoms with Crippen molar-refractivity contribution in [3.63, 3.8) is 0 Å². The molecular weight excluding hydrogens is 176 g/mol. The van der Waals surface area contributed by atoms with E-state index in [1.54, 1.807) is 7.11 Å². The van der Waals surface area contributed by atoms with E-state index in [1.165, 1.54) is 0 Å². The fraction of sp³-hybridized carbons (Fsp3) is 0.917. The molecule has 2 heteroatoms. The minimum absolute atomic E-state index is 0.326. The first kappa shape index (κ1) is 11.7. The summed E-state index contributed by atoms with van der Waals surface area (Å²) in [7, 11) is 1.67. The van der Waals surface area contributed by atoms with Gasteiger partial charge in [-0.1, -0.05) is 20.3 Å². The van der Waals surface area contributed by atoms with Crippen LogP contribution in [-0.2, 0) is 9.53 Å². The second-order valence-electron chi connectivity index (χ2n) is 4.76. The molecule has 0 bridgehead atoms. The summed E-state index contributed by atoms with van der Waals surface area (Å²) < 4.78 is 5.34. The van der Waals surface area contributed by atoms with Crippen LogP contribution in [0.2, 0.25) is 0 Å². The largest absolute Gasteiger partial charge is 0.370 e. The van der Waals surface area contributed by atoms with Gasteiger partial charge in [-0.3, -0.25) is 4.79 Å².